The second-order valence-electron chi connectivity index (χ2n) is 4.82. The normalized spacial score (nSPS) is 14.9. The highest BCUT2D eigenvalue weighted by Gasteiger charge is 2.24. The summed E-state index contributed by atoms with van der Waals surface area (Å²) in [5.41, 5.74) is 3.16. The Labute approximate surface area is 138 Å². The summed E-state index contributed by atoms with van der Waals surface area (Å²) in [6.45, 7) is 0. The second-order valence-corrected chi connectivity index (χ2v) is 6.10. The van der Waals surface area contributed by atoms with Crippen molar-refractivity contribution in [3.63, 3.8) is 0 Å². The van der Waals surface area contributed by atoms with Crippen molar-refractivity contribution >= 4 is 46.6 Å². The molecule has 1 amide bonds. The van der Waals surface area contributed by atoms with E-state index in [1.165, 1.54) is 0 Å². The average Bonchev–Trinajstić information content (AvgIpc) is 2.82. The van der Waals surface area contributed by atoms with Crippen molar-refractivity contribution < 1.29 is 9.53 Å². The van der Waals surface area contributed by atoms with Crippen LogP contribution in [0.3, 0.4) is 0 Å². The Morgan fingerprint density at radius 3 is 2.77 bits per heavy atom. The number of amides is 1. The van der Waals surface area contributed by atoms with Crippen LogP contribution < -0.4 is 10.1 Å². The van der Waals surface area contributed by atoms with Crippen molar-refractivity contribution in [2.45, 2.75) is 4.90 Å². The summed E-state index contributed by atoms with van der Waals surface area (Å²) in [4.78, 5) is 13.2. The molecule has 2 aromatic carbocycles. The second kappa shape index (κ2) is 6.07. The molecule has 0 saturated heterocycles. The lowest BCUT2D eigenvalue weighted by Crippen LogP contribution is -2.03. The maximum Gasteiger partial charge on any atom is 0.256 e. The fourth-order valence-corrected chi connectivity index (χ4v) is 3.14. The Balaban J connectivity index is 2.04. The zero-order valence-electron chi connectivity index (χ0n) is 12.1. The van der Waals surface area contributed by atoms with Crippen molar-refractivity contribution in [1.29, 1.82) is 0 Å². The van der Waals surface area contributed by atoms with E-state index in [0.29, 0.717) is 10.6 Å². The van der Waals surface area contributed by atoms with E-state index in [1.54, 1.807) is 31.0 Å². The standard InChI is InChI=1S/C17H14ClNO2S/c1-21-15-8-10(3-6-16(15)22-2)7-13-12-5-4-11(18)9-14(12)19-17(13)20/h3-9H,1-2H3,(H,19,20). The first-order chi connectivity index (χ1) is 10.6. The predicted molar refractivity (Wildman–Crippen MR) is 92.7 cm³/mol. The molecule has 0 spiro atoms. The van der Waals surface area contributed by atoms with E-state index in [0.717, 1.165) is 27.5 Å². The molecule has 2 aromatic rings. The lowest BCUT2D eigenvalue weighted by Gasteiger charge is -2.07. The zero-order chi connectivity index (χ0) is 15.7. The van der Waals surface area contributed by atoms with Crippen LogP contribution in [0.5, 0.6) is 5.75 Å². The van der Waals surface area contributed by atoms with Crippen LogP contribution >= 0.6 is 23.4 Å². The number of hydrogen-bond acceptors (Lipinski definition) is 3. The average molecular weight is 332 g/mol. The van der Waals surface area contributed by atoms with Gasteiger partial charge in [-0.3, -0.25) is 4.79 Å². The molecular formula is C17H14ClNO2S. The number of methoxy groups -OCH3 is 1. The van der Waals surface area contributed by atoms with Gasteiger partial charge in [0.05, 0.1) is 12.8 Å². The molecule has 0 radical (unpaired) electrons. The smallest absolute Gasteiger partial charge is 0.256 e. The summed E-state index contributed by atoms with van der Waals surface area (Å²) in [6, 6.07) is 11.3. The third-order valence-corrected chi connectivity index (χ3v) is 4.50. The molecule has 1 aliphatic heterocycles. The SMILES string of the molecule is COc1cc(C=C2C(=O)Nc3cc(Cl)ccc32)ccc1SC. The number of rotatable bonds is 3. The van der Waals surface area contributed by atoms with Gasteiger partial charge in [-0.1, -0.05) is 23.7 Å². The Morgan fingerprint density at radius 1 is 1.23 bits per heavy atom. The molecule has 3 rings (SSSR count). The maximum absolute atomic E-state index is 12.2. The van der Waals surface area contributed by atoms with Gasteiger partial charge in [0.25, 0.3) is 5.91 Å². The van der Waals surface area contributed by atoms with E-state index in [9.17, 15) is 4.79 Å². The van der Waals surface area contributed by atoms with Crippen molar-refractivity contribution in [2.24, 2.45) is 0 Å². The van der Waals surface area contributed by atoms with Gasteiger partial charge < -0.3 is 10.1 Å². The van der Waals surface area contributed by atoms with Crippen LogP contribution in [0.15, 0.2) is 41.3 Å². The van der Waals surface area contributed by atoms with Crippen molar-refractivity contribution in [3.8, 4) is 5.75 Å². The quantitative estimate of drug-likeness (QED) is 0.661. The van der Waals surface area contributed by atoms with Gasteiger partial charge in [0.2, 0.25) is 0 Å². The van der Waals surface area contributed by atoms with Crippen molar-refractivity contribution in [1.82, 2.24) is 0 Å². The third-order valence-electron chi connectivity index (χ3n) is 3.48. The summed E-state index contributed by atoms with van der Waals surface area (Å²) >= 11 is 7.58. The van der Waals surface area contributed by atoms with E-state index in [4.69, 9.17) is 16.3 Å². The fourth-order valence-electron chi connectivity index (χ4n) is 2.42. The molecule has 22 heavy (non-hydrogen) atoms. The minimum absolute atomic E-state index is 0.120. The number of carbonyl (C=O) groups is 1. The van der Waals surface area contributed by atoms with Gasteiger partial charge in [0.15, 0.2) is 0 Å². The predicted octanol–water partition coefficient (Wildman–Crippen LogP) is 4.56. The van der Waals surface area contributed by atoms with Crippen molar-refractivity contribution in [3.05, 3.63) is 52.5 Å². The number of thioether (sulfide) groups is 1. The van der Waals surface area contributed by atoms with E-state index < -0.39 is 0 Å². The number of fused-ring (bicyclic) bond motifs is 1. The largest absolute Gasteiger partial charge is 0.496 e. The molecule has 0 unspecified atom stereocenters. The topological polar surface area (TPSA) is 38.3 Å². The van der Waals surface area contributed by atoms with Gasteiger partial charge in [-0.05, 0) is 42.2 Å². The number of halogens is 1. The first-order valence-electron chi connectivity index (χ1n) is 6.67. The minimum atomic E-state index is -0.120. The molecule has 5 heteroatoms. The minimum Gasteiger partial charge on any atom is -0.496 e. The molecule has 0 aliphatic carbocycles. The maximum atomic E-state index is 12.2. The number of anilines is 1. The Hall–Kier alpha value is -1.91. The summed E-state index contributed by atoms with van der Waals surface area (Å²) in [5.74, 6) is 0.682. The summed E-state index contributed by atoms with van der Waals surface area (Å²) < 4.78 is 5.39. The van der Waals surface area contributed by atoms with Crippen molar-refractivity contribution in [2.75, 3.05) is 18.7 Å². The molecule has 0 saturated carbocycles. The van der Waals surface area contributed by atoms with Crippen LogP contribution in [0.2, 0.25) is 5.02 Å². The van der Waals surface area contributed by atoms with Gasteiger partial charge in [-0.15, -0.1) is 11.8 Å². The van der Waals surface area contributed by atoms with Crippen LogP contribution in [0, 0.1) is 0 Å². The highest BCUT2D eigenvalue weighted by Crippen LogP contribution is 2.36. The fraction of sp³-hybridized carbons (Fsp3) is 0.118. The molecule has 3 nitrogen and oxygen atoms in total. The number of benzene rings is 2. The molecule has 1 aliphatic rings. The van der Waals surface area contributed by atoms with E-state index in [1.807, 2.05) is 36.6 Å². The van der Waals surface area contributed by atoms with Crippen LogP contribution in [-0.4, -0.2) is 19.3 Å². The van der Waals surface area contributed by atoms with Gasteiger partial charge in [0.1, 0.15) is 5.75 Å². The zero-order valence-corrected chi connectivity index (χ0v) is 13.7. The van der Waals surface area contributed by atoms with Crippen LogP contribution in [0.25, 0.3) is 11.6 Å². The molecule has 0 bridgehead atoms. The number of carbonyl (C=O) groups excluding carboxylic acids is 1. The molecule has 112 valence electrons. The van der Waals surface area contributed by atoms with Gasteiger partial charge in [0, 0.05) is 21.1 Å². The van der Waals surface area contributed by atoms with Gasteiger partial charge >= 0.3 is 0 Å². The van der Waals surface area contributed by atoms with E-state index in [-0.39, 0.29) is 5.91 Å². The monoisotopic (exact) mass is 331 g/mol. The van der Waals surface area contributed by atoms with Crippen LogP contribution in [0.1, 0.15) is 11.1 Å². The lowest BCUT2D eigenvalue weighted by molar-refractivity contribution is -0.110. The number of ether oxygens (including phenoxy) is 1. The van der Waals surface area contributed by atoms with Gasteiger partial charge in [-0.2, -0.15) is 0 Å². The molecular weight excluding hydrogens is 318 g/mol. The van der Waals surface area contributed by atoms with Gasteiger partial charge in [-0.25, -0.2) is 0 Å². The number of hydrogen-bond donors (Lipinski definition) is 1. The summed E-state index contributed by atoms with van der Waals surface area (Å²) in [6.07, 6.45) is 3.86. The highest BCUT2D eigenvalue weighted by molar-refractivity contribution is 7.98. The number of nitrogens with one attached hydrogen (secondary N) is 1. The van der Waals surface area contributed by atoms with E-state index in [2.05, 4.69) is 5.32 Å². The molecule has 0 fully saturated rings. The first kappa shape index (κ1) is 15.0. The Bertz CT molecular complexity index is 786. The molecule has 1 N–H and O–H groups in total. The highest BCUT2D eigenvalue weighted by atomic mass is 35.5. The molecule has 1 heterocycles. The Kier molecular flexibility index (Phi) is 4.14. The summed E-state index contributed by atoms with van der Waals surface area (Å²) in [5, 5.41) is 3.44. The molecule has 0 aromatic heterocycles. The molecule has 0 atom stereocenters. The lowest BCUT2D eigenvalue weighted by atomic mass is 10.0. The third kappa shape index (κ3) is 2.72. The van der Waals surface area contributed by atoms with Crippen LogP contribution in [-0.2, 0) is 4.79 Å². The van der Waals surface area contributed by atoms with E-state index >= 15 is 0 Å². The summed E-state index contributed by atoms with van der Waals surface area (Å²) in [7, 11) is 1.64. The van der Waals surface area contributed by atoms with Crippen LogP contribution in [0.4, 0.5) is 5.69 Å². The first-order valence-corrected chi connectivity index (χ1v) is 8.27. The Morgan fingerprint density at radius 2 is 2.05 bits per heavy atom.